The molecule has 0 saturated heterocycles. The third-order valence-corrected chi connectivity index (χ3v) is 4.59. The summed E-state index contributed by atoms with van der Waals surface area (Å²) in [4.78, 5) is 5.20. The van der Waals surface area contributed by atoms with Gasteiger partial charge in [0.15, 0.2) is 0 Å². The molecule has 2 rings (SSSR count). The Hall–Kier alpha value is -1.03. The van der Waals surface area contributed by atoms with Crippen LogP contribution >= 0.6 is 23.4 Å². The van der Waals surface area contributed by atoms with Crippen LogP contribution in [0.15, 0.2) is 53.7 Å². The summed E-state index contributed by atoms with van der Waals surface area (Å²) in [5.41, 5.74) is 7.20. The highest BCUT2D eigenvalue weighted by Crippen LogP contribution is 2.39. The van der Waals surface area contributed by atoms with Crippen molar-refractivity contribution in [3.05, 3.63) is 59.4 Å². The first kappa shape index (κ1) is 13.4. The number of nitrogens with two attached hydrogens (primary N) is 1. The van der Waals surface area contributed by atoms with Gasteiger partial charge in [-0.3, -0.25) is 4.98 Å². The summed E-state index contributed by atoms with van der Waals surface area (Å²) in [6, 6.07) is 11.8. The number of pyridine rings is 1. The van der Waals surface area contributed by atoms with Crippen LogP contribution in [0.1, 0.15) is 17.7 Å². The summed E-state index contributed by atoms with van der Waals surface area (Å²) in [7, 11) is 0. The van der Waals surface area contributed by atoms with Crippen LogP contribution in [0.2, 0.25) is 5.02 Å². The molecular weight excluding hydrogens is 264 g/mol. The average Bonchev–Trinajstić information content (AvgIpc) is 2.38. The maximum absolute atomic E-state index is 6.18. The first-order valence-corrected chi connectivity index (χ1v) is 7.01. The molecule has 2 unspecified atom stereocenters. The molecule has 0 aliphatic carbocycles. The van der Waals surface area contributed by atoms with E-state index in [4.69, 9.17) is 17.3 Å². The number of thioether (sulfide) groups is 1. The molecule has 1 aromatic carbocycles. The van der Waals surface area contributed by atoms with Crippen LogP contribution in [-0.4, -0.2) is 11.0 Å². The second-order valence-electron chi connectivity index (χ2n) is 4.11. The van der Waals surface area contributed by atoms with Crippen molar-refractivity contribution in [3.63, 3.8) is 0 Å². The summed E-state index contributed by atoms with van der Waals surface area (Å²) < 4.78 is 0. The quantitative estimate of drug-likeness (QED) is 0.862. The van der Waals surface area contributed by atoms with Crippen molar-refractivity contribution in [1.29, 1.82) is 0 Å². The molecule has 1 heterocycles. The zero-order valence-electron chi connectivity index (χ0n) is 10.1. The minimum Gasteiger partial charge on any atom is -0.327 e. The van der Waals surface area contributed by atoms with Crippen LogP contribution < -0.4 is 5.73 Å². The minimum absolute atomic E-state index is 0.0236. The Morgan fingerprint density at radius 1 is 1.22 bits per heavy atom. The van der Waals surface area contributed by atoms with Crippen LogP contribution in [0.4, 0.5) is 0 Å². The normalized spacial score (nSPS) is 14.2. The molecule has 0 aliphatic rings. The van der Waals surface area contributed by atoms with Gasteiger partial charge in [-0.15, -0.1) is 11.8 Å². The Balaban J connectivity index is 2.26. The number of rotatable bonds is 4. The smallest absolute Gasteiger partial charge is 0.0542 e. The van der Waals surface area contributed by atoms with Crippen molar-refractivity contribution in [2.45, 2.75) is 23.1 Å². The molecule has 2 N–H and O–H groups in total. The minimum atomic E-state index is 0.0236. The lowest BCUT2D eigenvalue weighted by Gasteiger charge is -2.20. The van der Waals surface area contributed by atoms with Crippen molar-refractivity contribution < 1.29 is 0 Å². The Labute approximate surface area is 117 Å². The summed E-state index contributed by atoms with van der Waals surface area (Å²) in [5, 5.41) is 0.913. The van der Waals surface area contributed by atoms with Gasteiger partial charge in [0, 0.05) is 23.3 Å². The molecule has 0 saturated carbocycles. The lowest BCUT2D eigenvalue weighted by molar-refractivity contribution is 0.719. The van der Waals surface area contributed by atoms with Crippen molar-refractivity contribution in [2.24, 2.45) is 5.73 Å². The van der Waals surface area contributed by atoms with E-state index in [-0.39, 0.29) is 11.3 Å². The van der Waals surface area contributed by atoms with E-state index in [0.717, 1.165) is 15.5 Å². The van der Waals surface area contributed by atoms with Gasteiger partial charge in [-0.2, -0.15) is 0 Å². The molecule has 0 bridgehead atoms. The fourth-order valence-corrected chi connectivity index (χ4v) is 3.07. The van der Waals surface area contributed by atoms with Crippen LogP contribution in [-0.2, 0) is 0 Å². The predicted molar refractivity (Wildman–Crippen MR) is 77.9 cm³/mol. The maximum Gasteiger partial charge on any atom is 0.0542 e. The van der Waals surface area contributed by atoms with E-state index in [0.29, 0.717) is 0 Å². The third-order valence-electron chi connectivity index (χ3n) is 2.58. The predicted octanol–water partition coefficient (Wildman–Crippen LogP) is 3.92. The molecule has 94 valence electrons. The summed E-state index contributed by atoms with van der Waals surface area (Å²) in [5.74, 6) is 0. The molecule has 4 heteroatoms. The van der Waals surface area contributed by atoms with Crippen LogP contribution in [0.25, 0.3) is 0 Å². The molecule has 0 aliphatic heterocycles. The Kier molecular flexibility index (Phi) is 4.64. The monoisotopic (exact) mass is 278 g/mol. The average molecular weight is 279 g/mol. The van der Waals surface area contributed by atoms with E-state index in [1.165, 1.54) is 0 Å². The molecule has 2 atom stereocenters. The lowest BCUT2D eigenvalue weighted by Crippen LogP contribution is -2.22. The molecule has 18 heavy (non-hydrogen) atoms. The van der Waals surface area contributed by atoms with Gasteiger partial charge in [-0.25, -0.2) is 0 Å². The molecule has 0 amide bonds. The van der Waals surface area contributed by atoms with Gasteiger partial charge < -0.3 is 5.73 Å². The summed E-state index contributed by atoms with van der Waals surface area (Å²) in [6.45, 7) is 2.00. The van der Waals surface area contributed by atoms with Gasteiger partial charge in [0.25, 0.3) is 0 Å². The van der Waals surface area contributed by atoms with Crippen molar-refractivity contribution in [1.82, 2.24) is 4.98 Å². The summed E-state index contributed by atoms with van der Waals surface area (Å²) >= 11 is 7.86. The van der Waals surface area contributed by atoms with Crippen molar-refractivity contribution >= 4 is 23.4 Å². The Morgan fingerprint density at radius 2 is 2.00 bits per heavy atom. The van der Waals surface area contributed by atoms with Crippen molar-refractivity contribution in [2.75, 3.05) is 0 Å². The highest BCUT2D eigenvalue weighted by atomic mass is 35.5. The van der Waals surface area contributed by atoms with Gasteiger partial charge in [0.05, 0.1) is 10.3 Å². The van der Waals surface area contributed by atoms with Gasteiger partial charge in [-0.05, 0) is 30.7 Å². The fourth-order valence-electron chi connectivity index (χ4n) is 1.70. The van der Waals surface area contributed by atoms with Crippen LogP contribution in [0, 0.1) is 0 Å². The van der Waals surface area contributed by atoms with Crippen LogP contribution in [0.5, 0.6) is 0 Å². The molecular formula is C14H15ClN2S. The van der Waals surface area contributed by atoms with Gasteiger partial charge in [-0.1, -0.05) is 29.8 Å². The zero-order valence-corrected chi connectivity index (χ0v) is 11.7. The van der Waals surface area contributed by atoms with Gasteiger partial charge >= 0.3 is 0 Å². The number of hydrogen-bond acceptors (Lipinski definition) is 3. The largest absolute Gasteiger partial charge is 0.327 e. The van der Waals surface area contributed by atoms with Crippen molar-refractivity contribution in [3.8, 4) is 0 Å². The Bertz CT molecular complexity index is 502. The molecule has 2 aromatic rings. The van der Waals surface area contributed by atoms with E-state index < -0.39 is 0 Å². The van der Waals surface area contributed by atoms with E-state index in [9.17, 15) is 0 Å². The van der Waals surface area contributed by atoms with E-state index in [2.05, 4.69) is 4.98 Å². The first-order chi connectivity index (χ1) is 8.68. The standard InChI is InChI=1S/C14H15ClN2S/c1-10(16)14(11-5-4-8-17-9-11)18-13-7-3-2-6-12(13)15/h2-10,14H,16H2,1H3. The van der Waals surface area contributed by atoms with E-state index in [1.807, 2.05) is 49.5 Å². The zero-order chi connectivity index (χ0) is 13.0. The van der Waals surface area contributed by atoms with Gasteiger partial charge in [0.1, 0.15) is 0 Å². The summed E-state index contributed by atoms with van der Waals surface area (Å²) in [6.07, 6.45) is 3.62. The highest BCUT2D eigenvalue weighted by molar-refractivity contribution is 7.99. The number of halogens is 1. The SMILES string of the molecule is CC(N)C(Sc1ccccc1Cl)c1cccnc1. The number of benzene rings is 1. The molecule has 2 nitrogen and oxygen atoms in total. The molecule has 1 aromatic heterocycles. The van der Waals surface area contributed by atoms with E-state index in [1.54, 1.807) is 18.0 Å². The molecule has 0 spiro atoms. The van der Waals surface area contributed by atoms with Gasteiger partial charge in [0.2, 0.25) is 0 Å². The number of nitrogens with zero attached hydrogens (tertiary/aromatic N) is 1. The second-order valence-corrected chi connectivity index (χ2v) is 5.70. The third kappa shape index (κ3) is 3.25. The highest BCUT2D eigenvalue weighted by Gasteiger charge is 2.18. The molecule has 0 fully saturated rings. The number of hydrogen-bond donors (Lipinski definition) is 1. The fraction of sp³-hybridized carbons (Fsp3) is 0.214. The Morgan fingerprint density at radius 3 is 2.61 bits per heavy atom. The molecule has 0 radical (unpaired) electrons. The lowest BCUT2D eigenvalue weighted by atomic mass is 10.1. The van der Waals surface area contributed by atoms with Crippen LogP contribution in [0.3, 0.4) is 0 Å². The first-order valence-electron chi connectivity index (χ1n) is 5.75. The second kappa shape index (κ2) is 6.23. The topological polar surface area (TPSA) is 38.9 Å². The maximum atomic E-state index is 6.18. The number of aromatic nitrogens is 1. The van der Waals surface area contributed by atoms with E-state index >= 15 is 0 Å².